The van der Waals surface area contributed by atoms with Gasteiger partial charge in [0, 0.05) is 5.41 Å². The Morgan fingerprint density at radius 3 is 2.07 bits per heavy atom. The Hall–Kier alpha value is -0.0800. The van der Waals surface area contributed by atoms with Gasteiger partial charge in [0.05, 0.1) is 12.2 Å². The second kappa shape index (κ2) is 2.96. The Bertz CT molecular complexity index is 236. The number of fused-ring (bicyclic) bond motifs is 1. The van der Waals surface area contributed by atoms with Gasteiger partial charge in [-0.05, 0) is 37.0 Å². The summed E-state index contributed by atoms with van der Waals surface area (Å²) in [5.41, 5.74) is 0.0349. The highest BCUT2D eigenvalue weighted by atomic mass is 16.3. The van der Waals surface area contributed by atoms with Gasteiger partial charge in [-0.2, -0.15) is 0 Å². The van der Waals surface area contributed by atoms with Crippen molar-refractivity contribution >= 4 is 0 Å². The molecule has 0 amide bonds. The number of rotatable bonds is 0. The lowest BCUT2D eigenvalue weighted by Crippen LogP contribution is -2.52. The van der Waals surface area contributed by atoms with Crippen LogP contribution in [0, 0.1) is 16.7 Å². The van der Waals surface area contributed by atoms with E-state index in [2.05, 4.69) is 20.8 Å². The van der Waals surface area contributed by atoms with Gasteiger partial charge >= 0.3 is 0 Å². The molecule has 0 heterocycles. The molecule has 0 spiro atoms. The molecule has 2 fully saturated rings. The van der Waals surface area contributed by atoms with Gasteiger partial charge in [0.25, 0.3) is 0 Å². The molecular formula is C12H22O2. The minimum Gasteiger partial charge on any atom is -0.392 e. The molecule has 2 saturated carbocycles. The van der Waals surface area contributed by atoms with Crippen molar-refractivity contribution < 1.29 is 10.2 Å². The molecule has 0 bridgehead atoms. The number of hydrogen-bond donors (Lipinski definition) is 2. The van der Waals surface area contributed by atoms with Gasteiger partial charge in [0.15, 0.2) is 0 Å². The van der Waals surface area contributed by atoms with Crippen LogP contribution in [0.25, 0.3) is 0 Å². The summed E-state index contributed by atoms with van der Waals surface area (Å²) < 4.78 is 0. The first-order chi connectivity index (χ1) is 6.39. The van der Waals surface area contributed by atoms with E-state index in [0.29, 0.717) is 5.92 Å². The normalized spacial score (nSPS) is 51.6. The third-order valence-corrected chi connectivity index (χ3v) is 4.92. The van der Waals surface area contributed by atoms with Gasteiger partial charge in [-0.3, -0.25) is 0 Å². The van der Waals surface area contributed by atoms with E-state index in [9.17, 15) is 10.2 Å². The van der Waals surface area contributed by atoms with E-state index in [0.717, 1.165) is 25.7 Å². The van der Waals surface area contributed by atoms with Crippen LogP contribution in [0.5, 0.6) is 0 Å². The largest absolute Gasteiger partial charge is 0.392 e. The monoisotopic (exact) mass is 198 g/mol. The molecule has 0 radical (unpaired) electrons. The summed E-state index contributed by atoms with van der Waals surface area (Å²) in [5.74, 6) is 0.480. The van der Waals surface area contributed by atoms with Crippen LogP contribution in [0.1, 0.15) is 46.5 Å². The molecule has 2 N–H and O–H groups in total. The fraction of sp³-hybridized carbons (Fsp3) is 1.00. The van der Waals surface area contributed by atoms with E-state index in [1.54, 1.807) is 0 Å². The van der Waals surface area contributed by atoms with Crippen LogP contribution >= 0.6 is 0 Å². The lowest BCUT2D eigenvalue weighted by Gasteiger charge is -2.51. The smallest absolute Gasteiger partial charge is 0.0621 e. The minimum atomic E-state index is -0.307. The van der Waals surface area contributed by atoms with Gasteiger partial charge in [0.1, 0.15) is 0 Å². The second-order valence-corrected chi connectivity index (χ2v) is 6.05. The van der Waals surface area contributed by atoms with Gasteiger partial charge < -0.3 is 10.2 Å². The Balaban J connectivity index is 2.35. The first-order valence-electron chi connectivity index (χ1n) is 5.75. The zero-order valence-electron chi connectivity index (χ0n) is 9.45. The van der Waals surface area contributed by atoms with E-state index in [1.807, 2.05) is 0 Å². The average molecular weight is 198 g/mol. The Kier molecular flexibility index (Phi) is 2.20. The lowest BCUT2D eigenvalue weighted by molar-refractivity contribution is -0.125. The molecule has 2 rings (SSSR count). The summed E-state index contributed by atoms with van der Waals surface area (Å²) in [7, 11) is 0. The highest BCUT2D eigenvalue weighted by Gasteiger charge is 2.57. The van der Waals surface area contributed by atoms with Crippen molar-refractivity contribution in [2.75, 3.05) is 0 Å². The average Bonchev–Trinajstić information content (AvgIpc) is 2.40. The Morgan fingerprint density at radius 2 is 1.50 bits per heavy atom. The predicted octanol–water partition coefficient (Wildman–Crippen LogP) is 1.94. The van der Waals surface area contributed by atoms with E-state index in [1.165, 1.54) is 0 Å². The molecule has 2 heteroatoms. The van der Waals surface area contributed by atoms with Crippen LogP contribution in [0.4, 0.5) is 0 Å². The first kappa shape index (κ1) is 10.4. The standard InChI is InChI=1S/C12H22O2/c1-11(2)7-6-10(14)12(3)8(11)4-5-9(12)13/h8-10,13-14H,4-7H2,1-3H3/t8?,9-,10+,12-/m1/s1. The van der Waals surface area contributed by atoms with Crippen molar-refractivity contribution in [2.24, 2.45) is 16.7 Å². The zero-order valence-corrected chi connectivity index (χ0v) is 9.45. The van der Waals surface area contributed by atoms with Gasteiger partial charge in [-0.1, -0.05) is 20.8 Å². The summed E-state index contributed by atoms with van der Waals surface area (Å²) in [6.07, 6.45) is 3.25. The second-order valence-electron chi connectivity index (χ2n) is 6.05. The molecule has 0 aromatic carbocycles. The number of aliphatic hydroxyl groups excluding tert-OH is 2. The SMILES string of the molecule is CC1(C)CC[C@H](O)[C@]2(C)C1CC[C@H]2O. The molecule has 1 unspecified atom stereocenters. The lowest BCUT2D eigenvalue weighted by atomic mass is 9.56. The molecule has 82 valence electrons. The predicted molar refractivity (Wildman–Crippen MR) is 55.9 cm³/mol. The molecule has 2 aliphatic carbocycles. The molecule has 0 aliphatic heterocycles. The van der Waals surface area contributed by atoms with Crippen LogP contribution in [0.15, 0.2) is 0 Å². The number of aliphatic hydroxyl groups is 2. The van der Waals surface area contributed by atoms with Crippen molar-refractivity contribution in [1.82, 2.24) is 0 Å². The highest BCUT2D eigenvalue weighted by molar-refractivity contribution is 5.07. The van der Waals surface area contributed by atoms with Crippen molar-refractivity contribution in [2.45, 2.75) is 58.7 Å². The summed E-state index contributed by atoms with van der Waals surface area (Å²) >= 11 is 0. The Morgan fingerprint density at radius 1 is 0.929 bits per heavy atom. The molecule has 0 aromatic rings. The van der Waals surface area contributed by atoms with Crippen LogP contribution < -0.4 is 0 Å². The summed E-state index contributed by atoms with van der Waals surface area (Å²) in [6.45, 7) is 6.63. The zero-order chi connectivity index (χ0) is 10.6. The quantitative estimate of drug-likeness (QED) is 0.624. The fourth-order valence-electron chi connectivity index (χ4n) is 3.86. The maximum atomic E-state index is 10.1. The maximum absolute atomic E-state index is 10.1. The van der Waals surface area contributed by atoms with E-state index in [4.69, 9.17) is 0 Å². The molecule has 0 saturated heterocycles. The molecule has 2 aliphatic rings. The third-order valence-electron chi connectivity index (χ3n) is 4.92. The molecule has 14 heavy (non-hydrogen) atoms. The first-order valence-corrected chi connectivity index (χ1v) is 5.75. The summed E-state index contributed by atoms with van der Waals surface area (Å²) in [4.78, 5) is 0. The van der Waals surface area contributed by atoms with Crippen LogP contribution in [0.3, 0.4) is 0 Å². The van der Waals surface area contributed by atoms with Crippen LogP contribution in [0.2, 0.25) is 0 Å². The van der Waals surface area contributed by atoms with Crippen LogP contribution in [-0.2, 0) is 0 Å². The number of hydrogen-bond acceptors (Lipinski definition) is 2. The van der Waals surface area contributed by atoms with Crippen molar-refractivity contribution in [3.8, 4) is 0 Å². The highest BCUT2D eigenvalue weighted by Crippen LogP contribution is 2.59. The van der Waals surface area contributed by atoms with Crippen LogP contribution in [-0.4, -0.2) is 22.4 Å². The molecule has 2 nitrogen and oxygen atoms in total. The van der Waals surface area contributed by atoms with Crippen molar-refractivity contribution in [1.29, 1.82) is 0 Å². The summed E-state index contributed by atoms with van der Waals surface area (Å²) in [5, 5.41) is 20.1. The van der Waals surface area contributed by atoms with E-state index in [-0.39, 0.29) is 23.0 Å². The van der Waals surface area contributed by atoms with Gasteiger partial charge in [-0.15, -0.1) is 0 Å². The molecular weight excluding hydrogens is 176 g/mol. The molecule has 4 atom stereocenters. The Labute approximate surface area is 86.3 Å². The van der Waals surface area contributed by atoms with Crippen molar-refractivity contribution in [3.05, 3.63) is 0 Å². The van der Waals surface area contributed by atoms with Crippen molar-refractivity contribution in [3.63, 3.8) is 0 Å². The van der Waals surface area contributed by atoms with Gasteiger partial charge in [0.2, 0.25) is 0 Å². The topological polar surface area (TPSA) is 40.5 Å². The minimum absolute atomic E-state index is 0.248. The van der Waals surface area contributed by atoms with E-state index >= 15 is 0 Å². The maximum Gasteiger partial charge on any atom is 0.0621 e. The van der Waals surface area contributed by atoms with Gasteiger partial charge in [-0.25, -0.2) is 0 Å². The van der Waals surface area contributed by atoms with E-state index < -0.39 is 0 Å². The molecule has 0 aromatic heterocycles. The fourth-order valence-corrected chi connectivity index (χ4v) is 3.86. The third kappa shape index (κ3) is 1.17. The summed E-state index contributed by atoms with van der Waals surface area (Å²) in [6, 6.07) is 0.